The minimum absolute atomic E-state index is 0.117. The maximum atomic E-state index is 12.8. The van der Waals surface area contributed by atoms with Crippen molar-refractivity contribution >= 4 is 20.9 Å². The second-order valence-electron chi connectivity index (χ2n) is 11.6. The molecule has 0 radical (unpaired) electrons. The fraction of sp³-hybridized carbons (Fsp3) is 0.371. The maximum absolute atomic E-state index is 12.8. The van der Waals surface area contributed by atoms with Crippen molar-refractivity contribution in [2.75, 3.05) is 7.11 Å². The third kappa shape index (κ3) is 5.62. The van der Waals surface area contributed by atoms with Gasteiger partial charge in [-0.25, -0.2) is 0 Å². The van der Waals surface area contributed by atoms with E-state index < -0.39 is 10.1 Å². The molecule has 0 heterocycles. The fourth-order valence-electron chi connectivity index (χ4n) is 6.69. The molecule has 40 heavy (non-hydrogen) atoms. The third-order valence-electron chi connectivity index (χ3n) is 8.84. The Labute approximate surface area is 239 Å². The largest absolute Gasteiger partial charge is 0.496 e. The van der Waals surface area contributed by atoms with Crippen LogP contribution in [0.1, 0.15) is 64.0 Å². The molecule has 4 aromatic carbocycles. The number of benzene rings is 4. The molecule has 5 rings (SSSR count). The van der Waals surface area contributed by atoms with Crippen molar-refractivity contribution < 1.29 is 17.3 Å². The first-order valence-electron chi connectivity index (χ1n) is 14.4. The van der Waals surface area contributed by atoms with Crippen molar-refractivity contribution in [2.24, 2.45) is 11.8 Å². The summed E-state index contributed by atoms with van der Waals surface area (Å²) in [5.74, 6) is 2.71. The molecule has 210 valence electrons. The number of ether oxygens (including phenoxy) is 1. The highest BCUT2D eigenvalue weighted by Crippen LogP contribution is 2.51. The number of hydrogen-bond acceptors (Lipinski definition) is 4. The summed E-state index contributed by atoms with van der Waals surface area (Å²) in [6, 6.07) is 25.0. The van der Waals surface area contributed by atoms with E-state index >= 15 is 0 Å². The summed E-state index contributed by atoms with van der Waals surface area (Å²) in [7, 11) is -2.12. The Balaban J connectivity index is 1.47. The number of methoxy groups -OCH3 is 1. The molecule has 0 N–H and O–H groups in total. The molecule has 3 unspecified atom stereocenters. The zero-order chi connectivity index (χ0) is 28.5. The van der Waals surface area contributed by atoms with Gasteiger partial charge in [0.1, 0.15) is 16.4 Å². The van der Waals surface area contributed by atoms with Crippen LogP contribution in [-0.2, 0) is 15.5 Å². The molecule has 1 saturated carbocycles. The highest BCUT2D eigenvalue weighted by Gasteiger charge is 2.40. The summed E-state index contributed by atoms with van der Waals surface area (Å²) in [5, 5.41) is 1.95. The van der Waals surface area contributed by atoms with E-state index in [0.29, 0.717) is 11.7 Å². The molecule has 0 amide bonds. The van der Waals surface area contributed by atoms with Crippen LogP contribution in [0.4, 0.5) is 0 Å². The molecule has 0 spiro atoms. The Morgan fingerprint density at radius 1 is 0.850 bits per heavy atom. The van der Waals surface area contributed by atoms with Crippen molar-refractivity contribution in [1.29, 1.82) is 0 Å². The van der Waals surface area contributed by atoms with Gasteiger partial charge >= 0.3 is 10.1 Å². The Bertz CT molecular complexity index is 1610. The van der Waals surface area contributed by atoms with Crippen LogP contribution in [-0.4, -0.2) is 15.5 Å². The van der Waals surface area contributed by atoms with Gasteiger partial charge in [0.25, 0.3) is 0 Å². The summed E-state index contributed by atoms with van der Waals surface area (Å²) < 4.78 is 36.9. The zero-order valence-electron chi connectivity index (χ0n) is 24.2. The van der Waals surface area contributed by atoms with Crippen molar-refractivity contribution in [3.63, 3.8) is 0 Å². The number of fused-ring (bicyclic) bond motifs is 1. The van der Waals surface area contributed by atoms with Gasteiger partial charge in [0.2, 0.25) is 0 Å². The Morgan fingerprint density at radius 2 is 1.52 bits per heavy atom. The number of aryl methyl sites for hydroxylation is 1. The van der Waals surface area contributed by atoms with Gasteiger partial charge in [0, 0.05) is 5.56 Å². The fourth-order valence-corrected chi connectivity index (χ4v) is 7.61. The number of hydrogen-bond donors (Lipinski definition) is 0. The van der Waals surface area contributed by atoms with Crippen molar-refractivity contribution in [2.45, 2.75) is 70.1 Å². The van der Waals surface area contributed by atoms with Gasteiger partial charge in [-0.2, -0.15) is 8.42 Å². The summed E-state index contributed by atoms with van der Waals surface area (Å²) in [6.07, 6.45) is 6.02. The average Bonchev–Trinajstić information content (AvgIpc) is 2.96. The minimum Gasteiger partial charge on any atom is -0.496 e. The molecule has 4 nitrogen and oxygen atoms in total. The summed E-state index contributed by atoms with van der Waals surface area (Å²) in [6.45, 7) is 8.96. The lowest BCUT2D eigenvalue weighted by Gasteiger charge is -2.44. The van der Waals surface area contributed by atoms with Gasteiger partial charge in [-0.15, -0.1) is 0 Å². The molecule has 1 aliphatic rings. The first kappa shape index (κ1) is 28.2. The summed E-state index contributed by atoms with van der Waals surface area (Å²) in [4.78, 5) is 0.145. The Hall–Kier alpha value is -3.31. The summed E-state index contributed by atoms with van der Waals surface area (Å²) >= 11 is 0. The van der Waals surface area contributed by atoms with Crippen LogP contribution in [0.2, 0.25) is 0 Å². The van der Waals surface area contributed by atoms with Crippen molar-refractivity contribution in [3.05, 3.63) is 90.0 Å². The first-order valence-corrected chi connectivity index (χ1v) is 15.8. The predicted octanol–water partition coefficient (Wildman–Crippen LogP) is 9.09. The predicted molar refractivity (Wildman–Crippen MR) is 164 cm³/mol. The van der Waals surface area contributed by atoms with Gasteiger partial charge in [-0.1, -0.05) is 69.2 Å². The van der Waals surface area contributed by atoms with Crippen LogP contribution in [0.25, 0.3) is 21.9 Å². The quantitative estimate of drug-likeness (QED) is 0.203. The van der Waals surface area contributed by atoms with E-state index in [4.69, 9.17) is 8.92 Å². The second-order valence-corrected chi connectivity index (χ2v) is 13.2. The van der Waals surface area contributed by atoms with Crippen LogP contribution in [0.3, 0.4) is 0 Å². The first-order chi connectivity index (χ1) is 19.2. The zero-order valence-corrected chi connectivity index (χ0v) is 25.1. The molecule has 0 aromatic heterocycles. The van der Waals surface area contributed by atoms with E-state index in [1.165, 1.54) is 36.8 Å². The van der Waals surface area contributed by atoms with E-state index in [1.54, 1.807) is 43.5 Å². The molecule has 0 aliphatic heterocycles. The normalized spacial score (nSPS) is 21.3. The highest BCUT2D eigenvalue weighted by molar-refractivity contribution is 7.87. The van der Waals surface area contributed by atoms with Crippen LogP contribution in [0.5, 0.6) is 11.5 Å². The van der Waals surface area contributed by atoms with Crippen molar-refractivity contribution in [1.82, 2.24) is 0 Å². The van der Waals surface area contributed by atoms with Crippen LogP contribution < -0.4 is 8.92 Å². The molecule has 3 atom stereocenters. The van der Waals surface area contributed by atoms with E-state index in [1.807, 2.05) is 19.1 Å². The lowest BCUT2D eigenvalue weighted by molar-refractivity contribution is 0.156. The molecule has 1 fully saturated rings. The third-order valence-corrected chi connectivity index (χ3v) is 10.1. The average molecular weight is 557 g/mol. The lowest BCUT2D eigenvalue weighted by atomic mass is 9.60. The van der Waals surface area contributed by atoms with Crippen LogP contribution >= 0.6 is 0 Å². The van der Waals surface area contributed by atoms with Crippen molar-refractivity contribution in [3.8, 4) is 22.6 Å². The smallest absolute Gasteiger partial charge is 0.339 e. The molecule has 5 heteroatoms. The molecular weight excluding hydrogens is 516 g/mol. The van der Waals surface area contributed by atoms with Gasteiger partial charge in [0.15, 0.2) is 0 Å². The molecule has 4 aromatic rings. The molecular formula is C35H40O4S. The Kier molecular flexibility index (Phi) is 7.96. The van der Waals surface area contributed by atoms with E-state index in [2.05, 4.69) is 51.1 Å². The summed E-state index contributed by atoms with van der Waals surface area (Å²) in [5.41, 5.74) is 4.72. The highest BCUT2D eigenvalue weighted by atomic mass is 32.2. The van der Waals surface area contributed by atoms with E-state index in [9.17, 15) is 8.42 Å². The molecule has 0 bridgehead atoms. The standard InChI is InChI=1S/C35H40O4S/c1-6-26-18-25(4)22-35(7-2,23-26)33-21-30(13-17-34(33)38-5)27-10-11-29-20-31(14-12-28(29)19-27)39-40(36,37)32-15-8-24(3)9-16-32/h8-17,19-21,25-26H,6-7,18,22-23H2,1-5H3. The molecule has 1 aliphatic carbocycles. The Morgan fingerprint density at radius 3 is 2.23 bits per heavy atom. The number of rotatable bonds is 8. The lowest BCUT2D eigenvalue weighted by Crippen LogP contribution is -2.36. The van der Waals surface area contributed by atoms with Crippen LogP contribution in [0.15, 0.2) is 83.8 Å². The van der Waals surface area contributed by atoms with E-state index in [0.717, 1.165) is 40.0 Å². The topological polar surface area (TPSA) is 52.6 Å². The molecule has 0 saturated heterocycles. The monoisotopic (exact) mass is 556 g/mol. The minimum atomic E-state index is -3.90. The van der Waals surface area contributed by atoms with Gasteiger partial charge in [-0.05, 0) is 114 Å². The van der Waals surface area contributed by atoms with E-state index in [-0.39, 0.29) is 10.3 Å². The SMILES string of the molecule is CCC1CC(C)CC(CC)(c2cc(-c3ccc4cc(OS(=O)(=O)c5ccc(C)cc5)ccc4c3)ccc2OC)C1. The van der Waals surface area contributed by atoms with Crippen LogP contribution in [0, 0.1) is 18.8 Å². The second kappa shape index (κ2) is 11.3. The van der Waals surface area contributed by atoms with Gasteiger partial charge in [0.05, 0.1) is 7.11 Å². The maximum Gasteiger partial charge on any atom is 0.339 e. The van der Waals surface area contributed by atoms with Gasteiger partial charge in [-0.3, -0.25) is 0 Å². The van der Waals surface area contributed by atoms with Gasteiger partial charge < -0.3 is 8.92 Å².